The molecule has 1 heterocycles. The van der Waals surface area contributed by atoms with Crippen LogP contribution in [0, 0.1) is 5.92 Å². The third kappa shape index (κ3) is 4.35. The molecular weight excluding hydrogens is 244 g/mol. The molecule has 2 amide bonds. The number of hydrogen-bond donors (Lipinski definition) is 0. The van der Waals surface area contributed by atoms with Crippen molar-refractivity contribution in [2.75, 3.05) is 40.0 Å². The number of ether oxygens (including phenoxy) is 2. The Hall–Kier alpha value is -0.810. The normalized spacial score (nSPS) is 23.8. The number of hydrogen-bond acceptors (Lipinski definition) is 3. The molecule has 0 N–H and O–H groups in total. The number of carbonyl (C=O) groups is 1. The molecule has 2 aliphatic rings. The molecule has 1 saturated carbocycles. The van der Waals surface area contributed by atoms with Crippen LogP contribution in [0.1, 0.15) is 26.7 Å². The Balaban J connectivity index is 1.73. The molecule has 19 heavy (non-hydrogen) atoms. The molecule has 0 radical (unpaired) electrons. The molecular formula is C14H26N2O3. The van der Waals surface area contributed by atoms with Crippen LogP contribution in [0.5, 0.6) is 0 Å². The molecule has 0 aromatic rings. The van der Waals surface area contributed by atoms with E-state index in [1.54, 1.807) is 4.90 Å². The number of urea groups is 1. The number of morpholine rings is 1. The third-order valence-corrected chi connectivity index (χ3v) is 3.84. The second-order valence-corrected chi connectivity index (χ2v) is 5.91. The summed E-state index contributed by atoms with van der Waals surface area (Å²) in [6.45, 7) is 7.42. The predicted octanol–water partition coefficient (Wildman–Crippen LogP) is 1.57. The van der Waals surface area contributed by atoms with Crippen molar-refractivity contribution < 1.29 is 14.3 Å². The van der Waals surface area contributed by atoms with E-state index in [2.05, 4.69) is 0 Å². The van der Waals surface area contributed by atoms with Crippen molar-refractivity contribution in [3.8, 4) is 0 Å². The molecule has 1 aliphatic carbocycles. The summed E-state index contributed by atoms with van der Waals surface area (Å²) in [4.78, 5) is 15.9. The van der Waals surface area contributed by atoms with E-state index >= 15 is 0 Å². The maximum Gasteiger partial charge on any atom is 0.320 e. The fourth-order valence-electron chi connectivity index (χ4n) is 2.09. The standard InChI is InChI=1S/C14H26N2O3/c1-11(2)15(3)14(17)16-6-7-19-13(8-16)10-18-9-12-4-5-12/h11-13H,4-10H2,1-3H3. The van der Waals surface area contributed by atoms with Crippen molar-refractivity contribution in [2.24, 2.45) is 5.92 Å². The Bertz CT molecular complexity index is 305. The van der Waals surface area contributed by atoms with Gasteiger partial charge < -0.3 is 19.3 Å². The van der Waals surface area contributed by atoms with Crippen LogP contribution in [-0.2, 0) is 9.47 Å². The van der Waals surface area contributed by atoms with Crippen LogP contribution in [0.4, 0.5) is 4.79 Å². The van der Waals surface area contributed by atoms with Crippen LogP contribution < -0.4 is 0 Å². The monoisotopic (exact) mass is 270 g/mol. The van der Waals surface area contributed by atoms with Crippen LogP contribution in [0.25, 0.3) is 0 Å². The number of amides is 2. The highest BCUT2D eigenvalue weighted by molar-refractivity contribution is 5.74. The van der Waals surface area contributed by atoms with Crippen molar-refractivity contribution in [1.82, 2.24) is 9.80 Å². The van der Waals surface area contributed by atoms with E-state index in [0.29, 0.717) is 26.3 Å². The number of nitrogens with zero attached hydrogens (tertiary/aromatic N) is 2. The van der Waals surface area contributed by atoms with Gasteiger partial charge in [-0.25, -0.2) is 4.79 Å². The van der Waals surface area contributed by atoms with Crippen LogP contribution in [-0.4, -0.2) is 67.9 Å². The van der Waals surface area contributed by atoms with E-state index in [0.717, 1.165) is 12.5 Å². The zero-order valence-electron chi connectivity index (χ0n) is 12.3. The predicted molar refractivity (Wildman–Crippen MR) is 73.2 cm³/mol. The first kappa shape index (κ1) is 14.6. The summed E-state index contributed by atoms with van der Waals surface area (Å²) in [6, 6.07) is 0.311. The molecule has 5 nitrogen and oxygen atoms in total. The SMILES string of the molecule is CC(C)N(C)C(=O)N1CCOC(COCC2CC2)C1. The first-order chi connectivity index (χ1) is 9.08. The van der Waals surface area contributed by atoms with E-state index in [4.69, 9.17) is 9.47 Å². The maximum absolute atomic E-state index is 12.2. The fraction of sp³-hybridized carbons (Fsp3) is 0.929. The van der Waals surface area contributed by atoms with Crippen LogP contribution >= 0.6 is 0 Å². The second-order valence-electron chi connectivity index (χ2n) is 5.91. The van der Waals surface area contributed by atoms with Crippen molar-refractivity contribution in [3.05, 3.63) is 0 Å². The molecule has 0 aromatic heterocycles. The van der Waals surface area contributed by atoms with E-state index < -0.39 is 0 Å². The van der Waals surface area contributed by atoms with Crippen molar-refractivity contribution in [1.29, 1.82) is 0 Å². The van der Waals surface area contributed by atoms with Gasteiger partial charge in [-0.05, 0) is 32.6 Å². The number of rotatable bonds is 5. The first-order valence-electron chi connectivity index (χ1n) is 7.29. The summed E-state index contributed by atoms with van der Waals surface area (Å²) in [5.74, 6) is 0.772. The fourth-order valence-corrected chi connectivity index (χ4v) is 2.09. The van der Waals surface area contributed by atoms with Gasteiger partial charge in [-0.15, -0.1) is 0 Å². The average molecular weight is 270 g/mol. The first-order valence-corrected chi connectivity index (χ1v) is 7.29. The second kappa shape index (κ2) is 6.57. The largest absolute Gasteiger partial charge is 0.378 e. The molecule has 1 saturated heterocycles. The number of carbonyl (C=O) groups excluding carboxylic acids is 1. The molecule has 1 aliphatic heterocycles. The van der Waals surface area contributed by atoms with Gasteiger partial charge in [0.25, 0.3) is 0 Å². The van der Waals surface area contributed by atoms with E-state index in [9.17, 15) is 4.79 Å². The van der Waals surface area contributed by atoms with E-state index in [-0.39, 0.29) is 18.2 Å². The minimum absolute atomic E-state index is 0.0250. The molecule has 1 atom stereocenters. The van der Waals surface area contributed by atoms with Crippen molar-refractivity contribution in [3.63, 3.8) is 0 Å². The van der Waals surface area contributed by atoms with Gasteiger partial charge in [-0.1, -0.05) is 0 Å². The lowest BCUT2D eigenvalue weighted by molar-refractivity contribution is -0.0627. The van der Waals surface area contributed by atoms with Crippen LogP contribution in [0.15, 0.2) is 0 Å². The molecule has 0 bridgehead atoms. The summed E-state index contributed by atoms with van der Waals surface area (Å²) >= 11 is 0. The highest BCUT2D eigenvalue weighted by Crippen LogP contribution is 2.28. The van der Waals surface area contributed by atoms with Gasteiger partial charge in [0.05, 0.1) is 25.9 Å². The molecule has 2 rings (SSSR count). The average Bonchev–Trinajstić information content (AvgIpc) is 3.21. The Morgan fingerprint density at radius 1 is 1.42 bits per heavy atom. The quantitative estimate of drug-likeness (QED) is 0.761. The van der Waals surface area contributed by atoms with Gasteiger partial charge in [-0.2, -0.15) is 0 Å². The minimum Gasteiger partial charge on any atom is -0.378 e. The minimum atomic E-state index is 0.0250. The Kier molecular flexibility index (Phi) is 5.05. The molecule has 5 heteroatoms. The molecule has 2 fully saturated rings. The van der Waals surface area contributed by atoms with E-state index in [1.165, 1.54) is 12.8 Å². The van der Waals surface area contributed by atoms with Gasteiger partial charge in [-0.3, -0.25) is 0 Å². The van der Waals surface area contributed by atoms with Crippen LogP contribution in [0.3, 0.4) is 0 Å². The lowest BCUT2D eigenvalue weighted by Crippen LogP contribution is -2.52. The summed E-state index contributed by atoms with van der Waals surface area (Å²) in [5, 5.41) is 0. The van der Waals surface area contributed by atoms with Gasteiger partial charge in [0, 0.05) is 26.2 Å². The highest BCUT2D eigenvalue weighted by Gasteiger charge is 2.28. The lowest BCUT2D eigenvalue weighted by Gasteiger charge is -2.36. The highest BCUT2D eigenvalue weighted by atomic mass is 16.5. The molecule has 0 aromatic carbocycles. The zero-order chi connectivity index (χ0) is 13.8. The summed E-state index contributed by atoms with van der Waals surface area (Å²) < 4.78 is 11.3. The Morgan fingerprint density at radius 2 is 2.16 bits per heavy atom. The van der Waals surface area contributed by atoms with Crippen molar-refractivity contribution in [2.45, 2.75) is 38.8 Å². The smallest absolute Gasteiger partial charge is 0.320 e. The molecule has 1 unspecified atom stereocenters. The Morgan fingerprint density at radius 3 is 2.79 bits per heavy atom. The summed E-state index contributed by atoms with van der Waals surface area (Å²) in [7, 11) is 1.85. The van der Waals surface area contributed by atoms with Crippen LogP contribution in [0.2, 0.25) is 0 Å². The van der Waals surface area contributed by atoms with Gasteiger partial charge >= 0.3 is 6.03 Å². The van der Waals surface area contributed by atoms with Gasteiger partial charge in [0.1, 0.15) is 0 Å². The van der Waals surface area contributed by atoms with Gasteiger partial charge in [0.15, 0.2) is 0 Å². The van der Waals surface area contributed by atoms with Gasteiger partial charge in [0.2, 0.25) is 0 Å². The maximum atomic E-state index is 12.2. The molecule has 0 spiro atoms. The Labute approximate surface area is 115 Å². The third-order valence-electron chi connectivity index (χ3n) is 3.84. The molecule has 110 valence electrons. The lowest BCUT2D eigenvalue weighted by atomic mass is 10.3. The summed E-state index contributed by atoms with van der Waals surface area (Å²) in [5.41, 5.74) is 0. The van der Waals surface area contributed by atoms with Crippen molar-refractivity contribution >= 4 is 6.03 Å². The summed E-state index contributed by atoms with van der Waals surface area (Å²) in [6.07, 6.45) is 2.63. The zero-order valence-corrected chi connectivity index (χ0v) is 12.3. The van der Waals surface area contributed by atoms with E-state index in [1.807, 2.05) is 25.8 Å². The topological polar surface area (TPSA) is 42.0 Å².